The second-order valence-electron chi connectivity index (χ2n) is 4.10. The van der Waals surface area contributed by atoms with Gasteiger partial charge in [-0.05, 0) is 23.8 Å². The maximum atomic E-state index is 10.8. The number of benzene rings is 2. The van der Waals surface area contributed by atoms with E-state index < -0.39 is 4.92 Å². The van der Waals surface area contributed by atoms with E-state index in [1.807, 2.05) is 24.3 Å². The molecule has 0 aliphatic carbocycles. The van der Waals surface area contributed by atoms with Crippen molar-refractivity contribution in [3.05, 3.63) is 63.2 Å². The molecule has 0 aromatic heterocycles. The first-order valence-corrected chi connectivity index (χ1v) is 6.29. The van der Waals surface area contributed by atoms with E-state index in [0.717, 1.165) is 11.3 Å². The second-order valence-corrected chi connectivity index (χ2v) is 4.48. The van der Waals surface area contributed by atoms with Gasteiger partial charge in [-0.25, -0.2) is 0 Å². The van der Waals surface area contributed by atoms with Crippen LogP contribution in [-0.2, 0) is 6.54 Å². The Morgan fingerprint density at radius 1 is 1.25 bits per heavy atom. The van der Waals surface area contributed by atoms with E-state index in [1.54, 1.807) is 19.2 Å². The number of hydrogen-bond donors (Lipinski definition) is 1. The topological polar surface area (TPSA) is 64.4 Å². The average molecular weight is 293 g/mol. The van der Waals surface area contributed by atoms with Crippen molar-refractivity contribution >= 4 is 23.0 Å². The minimum absolute atomic E-state index is 0.105. The van der Waals surface area contributed by atoms with Gasteiger partial charge in [-0.3, -0.25) is 10.1 Å². The third kappa shape index (κ3) is 3.19. The number of nitrogens with zero attached hydrogens (tertiary/aromatic N) is 1. The normalized spacial score (nSPS) is 10.1. The molecule has 0 atom stereocenters. The van der Waals surface area contributed by atoms with Crippen molar-refractivity contribution in [1.29, 1.82) is 0 Å². The molecule has 6 heteroatoms. The number of methoxy groups -OCH3 is 1. The van der Waals surface area contributed by atoms with Crippen molar-refractivity contribution in [2.75, 3.05) is 12.4 Å². The highest BCUT2D eigenvalue weighted by Crippen LogP contribution is 2.31. The summed E-state index contributed by atoms with van der Waals surface area (Å²) in [5.41, 5.74) is 1.46. The molecule has 0 saturated carbocycles. The number of nitrogens with one attached hydrogen (secondary N) is 1. The minimum atomic E-state index is -0.499. The molecule has 0 aliphatic rings. The summed E-state index contributed by atoms with van der Waals surface area (Å²) in [5, 5.41) is 14.0. The van der Waals surface area contributed by atoms with E-state index in [2.05, 4.69) is 5.32 Å². The first kappa shape index (κ1) is 14.1. The fraction of sp³-hybridized carbons (Fsp3) is 0.143. The number of nitro groups is 1. The van der Waals surface area contributed by atoms with Crippen LogP contribution in [0.4, 0.5) is 11.4 Å². The van der Waals surface area contributed by atoms with Gasteiger partial charge >= 0.3 is 0 Å². The zero-order chi connectivity index (χ0) is 14.5. The molecule has 0 unspecified atom stereocenters. The van der Waals surface area contributed by atoms with Crippen molar-refractivity contribution < 1.29 is 9.66 Å². The predicted molar refractivity (Wildman–Crippen MR) is 78.4 cm³/mol. The molecule has 0 saturated heterocycles. The van der Waals surface area contributed by atoms with Crippen molar-refractivity contribution in [2.45, 2.75) is 6.54 Å². The fourth-order valence-corrected chi connectivity index (χ4v) is 2.00. The molecule has 0 spiro atoms. The Morgan fingerprint density at radius 3 is 2.55 bits per heavy atom. The van der Waals surface area contributed by atoms with Gasteiger partial charge in [0.15, 0.2) is 0 Å². The molecule has 5 nitrogen and oxygen atoms in total. The molecular formula is C14H13ClN2O3. The van der Waals surface area contributed by atoms with Gasteiger partial charge in [-0.2, -0.15) is 0 Å². The Labute approximate surface area is 121 Å². The second kappa shape index (κ2) is 6.25. The van der Waals surface area contributed by atoms with Crippen LogP contribution in [-0.4, -0.2) is 12.0 Å². The predicted octanol–water partition coefficient (Wildman–Crippen LogP) is 3.87. The van der Waals surface area contributed by atoms with Gasteiger partial charge in [0.05, 0.1) is 17.7 Å². The lowest BCUT2D eigenvalue weighted by Gasteiger charge is -2.09. The van der Waals surface area contributed by atoms with Crippen LogP contribution in [0.15, 0.2) is 42.5 Å². The molecule has 1 N–H and O–H groups in total. The van der Waals surface area contributed by atoms with Crippen molar-refractivity contribution in [2.24, 2.45) is 0 Å². The summed E-state index contributed by atoms with van der Waals surface area (Å²) >= 11 is 5.99. The summed E-state index contributed by atoms with van der Waals surface area (Å²) in [6, 6.07) is 12.2. The Morgan fingerprint density at radius 2 is 1.95 bits per heavy atom. The maximum Gasteiger partial charge on any atom is 0.289 e. The molecular weight excluding hydrogens is 280 g/mol. The first-order valence-electron chi connectivity index (χ1n) is 5.91. The van der Waals surface area contributed by atoms with Crippen LogP contribution < -0.4 is 10.1 Å². The lowest BCUT2D eigenvalue weighted by molar-refractivity contribution is -0.384. The quantitative estimate of drug-likeness (QED) is 0.671. The van der Waals surface area contributed by atoms with Gasteiger partial charge in [0.25, 0.3) is 5.69 Å². The Kier molecular flexibility index (Phi) is 4.42. The molecule has 0 bridgehead atoms. The molecule has 0 aliphatic heterocycles. The highest BCUT2D eigenvalue weighted by molar-refractivity contribution is 6.35. The van der Waals surface area contributed by atoms with Crippen LogP contribution in [0.25, 0.3) is 0 Å². The molecule has 0 fully saturated rings. The summed E-state index contributed by atoms with van der Waals surface area (Å²) in [5.74, 6) is 0.780. The van der Waals surface area contributed by atoms with Gasteiger partial charge < -0.3 is 10.1 Å². The van der Waals surface area contributed by atoms with Gasteiger partial charge in [0.2, 0.25) is 0 Å². The van der Waals surface area contributed by atoms with Gasteiger partial charge in [0.1, 0.15) is 10.8 Å². The number of anilines is 1. The van der Waals surface area contributed by atoms with Crippen LogP contribution in [0.1, 0.15) is 5.56 Å². The average Bonchev–Trinajstić information content (AvgIpc) is 2.46. The summed E-state index contributed by atoms with van der Waals surface area (Å²) < 4.78 is 5.08. The summed E-state index contributed by atoms with van der Waals surface area (Å²) in [7, 11) is 1.61. The zero-order valence-corrected chi connectivity index (χ0v) is 11.6. The molecule has 2 aromatic rings. The van der Waals surface area contributed by atoms with E-state index in [9.17, 15) is 10.1 Å². The van der Waals surface area contributed by atoms with E-state index in [4.69, 9.17) is 16.3 Å². The van der Waals surface area contributed by atoms with E-state index >= 15 is 0 Å². The zero-order valence-electron chi connectivity index (χ0n) is 10.8. The van der Waals surface area contributed by atoms with E-state index in [0.29, 0.717) is 12.2 Å². The molecule has 0 radical (unpaired) electrons. The number of nitro benzene ring substituents is 1. The van der Waals surface area contributed by atoms with Gasteiger partial charge in [-0.1, -0.05) is 29.8 Å². The minimum Gasteiger partial charge on any atom is -0.497 e. The van der Waals surface area contributed by atoms with Crippen molar-refractivity contribution in [3.8, 4) is 5.75 Å². The van der Waals surface area contributed by atoms with Crippen LogP contribution in [0.2, 0.25) is 5.02 Å². The Hall–Kier alpha value is -2.27. The summed E-state index contributed by atoms with van der Waals surface area (Å²) in [6.07, 6.45) is 0. The smallest absolute Gasteiger partial charge is 0.289 e. The molecule has 0 amide bonds. The Bertz CT molecular complexity index is 614. The first-order chi connectivity index (χ1) is 9.61. The molecule has 2 rings (SSSR count). The lowest BCUT2D eigenvalue weighted by Crippen LogP contribution is -2.01. The maximum absolute atomic E-state index is 10.8. The third-order valence-corrected chi connectivity index (χ3v) is 3.21. The standard InChI is InChI=1S/C14H13ClN2O3/c1-20-11-7-5-10(6-8-11)9-16-12-3-2-4-13(14(12)15)17(18)19/h2-8,16H,9H2,1H3. The number of ether oxygens (including phenoxy) is 1. The molecule has 20 heavy (non-hydrogen) atoms. The highest BCUT2D eigenvalue weighted by Gasteiger charge is 2.14. The van der Waals surface area contributed by atoms with E-state index in [1.165, 1.54) is 6.07 Å². The van der Waals surface area contributed by atoms with Crippen LogP contribution in [0.3, 0.4) is 0 Å². The van der Waals surface area contributed by atoms with Crippen molar-refractivity contribution in [3.63, 3.8) is 0 Å². The molecule has 0 heterocycles. The van der Waals surface area contributed by atoms with Crippen LogP contribution in [0.5, 0.6) is 5.75 Å². The number of rotatable bonds is 5. The summed E-state index contributed by atoms with van der Waals surface area (Å²) in [6.45, 7) is 0.519. The summed E-state index contributed by atoms with van der Waals surface area (Å²) in [4.78, 5) is 10.3. The fourth-order valence-electron chi connectivity index (χ4n) is 1.74. The number of hydrogen-bond acceptors (Lipinski definition) is 4. The van der Waals surface area contributed by atoms with Gasteiger partial charge in [0, 0.05) is 12.6 Å². The van der Waals surface area contributed by atoms with Crippen LogP contribution in [0, 0.1) is 10.1 Å². The highest BCUT2D eigenvalue weighted by atomic mass is 35.5. The SMILES string of the molecule is COc1ccc(CNc2cccc([N+](=O)[O-])c2Cl)cc1. The van der Waals surface area contributed by atoms with Gasteiger partial charge in [-0.15, -0.1) is 0 Å². The molecule has 104 valence electrons. The lowest BCUT2D eigenvalue weighted by atomic mass is 10.2. The largest absolute Gasteiger partial charge is 0.497 e. The Balaban J connectivity index is 2.10. The third-order valence-electron chi connectivity index (χ3n) is 2.82. The van der Waals surface area contributed by atoms with Crippen molar-refractivity contribution in [1.82, 2.24) is 0 Å². The number of halogens is 1. The molecule has 2 aromatic carbocycles. The van der Waals surface area contributed by atoms with Crippen LogP contribution >= 0.6 is 11.6 Å². The monoisotopic (exact) mass is 292 g/mol. The van der Waals surface area contributed by atoms with E-state index in [-0.39, 0.29) is 10.7 Å².